The van der Waals surface area contributed by atoms with E-state index in [0.717, 1.165) is 37.3 Å². The maximum atomic E-state index is 11.8. The first-order valence-corrected chi connectivity index (χ1v) is 7.13. The molecule has 2 rings (SSSR count). The average Bonchev–Trinajstić information content (AvgIpc) is 2.46. The Balaban J connectivity index is 1.80. The van der Waals surface area contributed by atoms with Crippen LogP contribution in [0.15, 0.2) is 24.3 Å². The second kappa shape index (κ2) is 7.26. The van der Waals surface area contributed by atoms with Crippen molar-refractivity contribution in [3.05, 3.63) is 29.8 Å². The minimum Gasteiger partial charge on any atom is -0.381 e. The van der Waals surface area contributed by atoms with Crippen molar-refractivity contribution in [2.45, 2.75) is 25.8 Å². The van der Waals surface area contributed by atoms with E-state index in [2.05, 4.69) is 10.6 Å². The zero-order valence-corrected chi connectivity index (χ0v) is 11.9. The van der Waals surface area contributed by atoms with E-state index < -0.39 is 0 Å². The molecular weight excluding hydrogens is 254 g/mol. The molecule has 2 atom stereocenters. The Morgan fingerprint density at radius 3 is 3.10 bits per heavy atom. The van der Waals surface area contributed by atoms with Crippen molar-refractivity contribution in [1.82, 2.24) is 5.32 Å². The quantitative estimate of drug-likeness (QED) is 0.790. The third-order valence-electron chi connectivity index (χ3n) is 3.48. The summed E-state index contributed by atoms with van der Waals surface area (Å²) >= 11 is 0. The van der Waals surface area contributed by atoms with Crippen molar-refractivity contribution in [3.63, 3.8) is 0 Å². The summed E-state index contributed by atoms with van der Waals surface area (Å²) in [4.78, 5) is 11.8. The molecule has 0 aliphatic carbocycles. The van der Waals surface area contributed by atoms with Crippen molar-refractivity contribution in [1.29, 1.82) is 0 Å². The summed E-state index contributed by atoms with van der Waals surface area (Å²) in [6.07, 6.45) is 2.19. The molecule has 1 aromatic carbocycles. The molecular formula is C15H23N3O2. The highest BCUT2D eigenvalue weighted by molar-refractivity contribution is 5.89. The summed E-state index contributed by atoms with van der Waals surface area (Å²) in [5, 5.41) is 5.72. The Morgan fingerprint density at radius 1 is 1.55 bits per heavy atom. The molecule has 2 unspecified atom stereocenters. The van der Waals surface area contributed by atoms with E-state index in [4.69, 9.17) is 10.5 Å². The number of nitrogens with two attached hydrogens (primary N) is 1. The van der Waals surface area contributed by atoms with Gasteiger partial charge in [0.1, 0.15) is 0 Å². The van der Waals surface area contributed by atoms with E-state index in [1.807, 2.05) is 31.2 Å². The van der Waals surface area contributed by atoms with Gasteiger partial charge in [-0.15, -0.1) is 0 Å². The average molecular weight is 277 g/mol. The fourth-order valence-corrected chi connectivity index (χ4v) is 2.28. The number of ether oxygens (including phenoxy) is 1. The summed E-state index contributed by atoms with van der Waals surface area (Å²) < 4.78 is 5.39. The van der Waals surface area contributed by atoms with E-state index >= 15 is 0 Å². The molecule has 1 aliphatic heterocycles. The van der Waals surface area contributed by atoms with Crippen LogP contribution in [0.3, 0.4) is 0 Å². The number of benzene rings is 1. The Hall–Kier alpha value is -1.59. The first-order valence-electron chi connectivity index (χ1n) is 7.13. The molecule has 1 heterocycles. The maximum absolute atomic E-state index is 11.8. The Bertz CT molecular complexity index is 442. The molecule has 0 bridgehead atoms. The van der Waals surface area contributed by atoms with Gasteiger partial charge in [-0.1, -0.05) is 12.1 Å². The van der Waals surface area contributed by atoms with Crippen LogP contribution in [0.1, 0.15) is 31.4 Å². The minimum absolute atomic E-state index is 0.0424. The van der Waals surface area contributed by atoms with Gasteiger partial charge in [0.2, 0.25) is 0 Å². The molecule has 2 amide bonds. The van der Waals surface area contributed by atoms with Crippen LogP contribution < -0.4 is 16.4 Å². The molecule has 4 N–H and O–H groups in total. The summed E-state index contributed by atoms with van der Waals surface area (Å²) in [6.45, 7) is 4.15. The molecule has 1 aromatic rings. The number of rotatable bonds is 4. The zero-order valence-electron chi connectivity index (χ0n) is 11.9. The summed E-state index contributed by atoms with van der Waals surface area (Å²) in [7, 11) is 0. The van der Waals surface area contributed by atoms with Crippen LogP contribution in [0, 0.1) is 5.92 Å². The van der Waals surface area contributed by atoms with Crippen molar-refractivity contribution in [3.8, 4) is 0 Å². The summed E-state index contributed by atoms with van der Waals surface area (Å²) in [5.41, 5.74) is 7.59. The lowest BCUT2D eigenvalue weighted by atomic mass is 10.0. The van der Waals surface area contributed by atoms with Crippen LogP contribution in [0.25, 0.3) is 0 Å². The Labute approximate surface area is 119 Å². The number of hydrogen-bond acceptors (Lipinski definition) is 3. The first-order chi connectivity index (χ1) is 9.65. The molecule has 1 aliphatic rings. The van der Waals surface area contributed by atoms with E-state index in [0.29, 0.717) is 12.5 Å². The molecule has 1 fully saturated rings. The molecule has 110 valence electrons. The smallest absolute Gasteiger partial charge is 0.319 e. The second-order valence-corrected chi connectivity index (χ2v) is 5.33. The van der Waals surface area contributed by atoms with Gasteiger partial charge in [-0.25, -0.2) is 4.79 Å². The lowest BCUT2D eigenvalue weighted by Crippen LogP contribution is -2.35. The normalized spacial score (nSPS) is 20.2. The predicted octanol–water partition coefficient (Wildman–Crippen LogP) is 2.25. The predicted molar refractivity (Wildman–Crippen MR) is 79.6 cm³/mol. The van der Waals surface area contributed by atoms with Gasteiger partial charge in [-0.05, 0) is 43.4 Å². The van der Waals surface area contributed by atoms with Crippen molar-refractivity contribution >= 4 is 11.7 Å². The largest absolute Gasteiger partial charge is 0.381 e. The Morgan fingerprint density at radius 2 is 2.40 bits per heavy atom. The topological polar surface area (TPSA) is 76.4 Å². The highest BCUT2D eigenvalue weighted by Crippen LogP contribution is 2.16. The van der Waals surface area contributed by atoms with Gasteiger partial charge in [0.15, 0.2) is 0 Å². The van der Waals surface area contributed by atoms with Crippen LogP contribution in [0.2, 0.25) is 0 Å². The molecule has 0 aromatic heterocycles. The molecule has 0 radical (unpaired) electrons. The van der Waals surface area contributed by atoms with Crippen LogP contribution in [0.4, 0.5) is 10.5 Å². The lowest BCUT2D eigenvalue weighted by Gasteiger charge is -2.22. The molecule has 5 nitrogen and oxygen atoms in total. The van der Waals surface area contributed by atoms with E-state index in [1.54, 1.807) is 0 Å². The third-order valence-corrected chi connectivity index (χ3v) is 3.48. The number of amides is 2. The van der Waals surface area contributed by atoms with E-state index in [-0.39, 0.29) is 12.1 Å². The molecule has 5 heteroatoms. The highest BCUT2D eigenvalue weighted by Gasteiger charge is 2.14. The van der Waals surface area contributed by atoms with Crippen LogP contribution in [0.5, 0.6) is 0 Å². The van der Waals surface area contributed by atoms with Gasteiger partial charge in [-0.2, -0.15) is 0 Å². The molecule has 0 saturated carbocycles. The van der Waals surface area contributed by atoms with Crippen LogP contribution >= 0.6 is 0 Å². The van der Waals surface area contributed by atoms with Gasteiger partial charge in [0.05, 0.1) is 6.61 Å². The standard InChI is InChI=1S/C15H23N3O2/c1-11(16)13-5-2-6-14(8-13)18-15(19)17-9-12-4-3-7-20-10-12/h2,5-6,8,11-12H,3-4,7,9-10,16H2,1H3,(H2,17,18,19). The fourth-order valence-electron chi connectivity index (χ4n) is 2.28. The maximum Gasteiger partial charge on any atom is 0.319 e. The van der Waals surface area contributed by atoms with E-state index in [9.17, 15) is 4.79 Å². The van der Waals surface area contributed by atoms with Crippen LogP contribution in [-0.4, -0.2) is 25.8 Å². The van der Waals surface area contributed by atoms with E-state index in [1.165, 1.54) is 0 Å². The van der Waals surface area contributed by atoms with Gasteiger partial charge >= 0.3 is 6.03 Å². The summed E-state index contributed by atoms with van der Waals surface area (Å²) in [6, 6.07) is 7.37. The first kappa shape index (κ1) is 14.8. The van der Waals surface area contributed by atoms with Gasteiger partial charge in [0.25, 0.3) is 0 Å². The third kappa shape index (κ3) is 4.51. The fraction of sp³-hybridized carbons (Fsp3) is 0.533. The molecule has 20 heavy (non-hydrogen) atoms. The Kier molecular flexibility index (Phi) is 5.38. The second-order valence-electron chi connectivity index (χ2n) is 5.33. The van der Waals surface area contributed by atoms with Gasteiger partial charge < -0.3 is 21.1 Å². The molecule has 1 saturated heterocycles. The number of hydrogen-bond donors (Lipinski definition) is 3. The van der Waals surface area contributed by atoms with Crippen LogP contribution in [-0.2, 0) is 4.74 Å². The van der Waals surface area contributed by atoms with Crippen molar-refractivity contribution in [2.75, 3.05) is 25.1 Å². The monoisotopic (exact) mass is 277 g/mol. The number of nitrogens with one attached hydrogen (secondary N) is 2. The highest BCUT2D eigenvalue weighted by atomic mass is 16.5. The summed E-state index contributed by atoms with van der Waals surface area (Å²) in [5.74, 6) is 0.421. The SMILES string of the molecule is CC(N)c1cccc(NC(=O)NCC2CCCOC2)c1. The van der Waals surface area contributed by atoms with Gasteiger partial charge in [-0.3, -0.25) is 0 Å². The zero-order chi connectivity index (χ0) is 14.4. The number of carbonyl (C=O) groups excluding carboxylic acids is 1. The minimum atomic E-state index is -0.183. The van der Waals surface area contributed by atoms with Gasteiger partial charge in [0, 0.05) is 24.9 Å². The number of urea groups is 1. The lowest BCUT2D eigenvalue weighted by molar-refractivity contribution is 0.0559. The van der Waals surface area contributed by atoms with Crippen molar-refractivity contribution in [2.24, 2.45) is 11.7 Å². The number of carbonyl (C=O) groups is 1. The van der Waals surface area contributed by atoms with Crippen molar-refractivity contribution < 1.29 is 9.53 Å². The molecule has 0 spiro atoms. The number of anilines is 1.